The van der Waals surface area contributed by atoms with Crippen LogP contribution in [0.15, 0.2) is 11.1 Å². The van der Waals surface area contributed by atoms with Gasteiger partial charge in [-0.15, -0.1) is 11.8 Å². The maximum Gasteiger partial charge on any atom is 0.349 e. The fourth-order valence-electron chi connectivity index (χ4n) is 5.62. The number of hydrogen-bond donors (Lipinski definition) is 2. The predicted molar refractivity (Wildman–Crippen MR) is 170 cm³/mol. The zero-order valence-corrected chi connectivity index (χ0v) is 29.8. The number of hydrogen-bond acceptors (Lipinski definition) is 8. The number of carbonyl (C=O) groups excluding carboxylic acids is 1. The van der Waals surface area contributed by atoms with Gasteiger partial charge in [-0.25, -0.2) is 4.98 Å². The zero-order valence-electron chi connectivity index (χ0n) is 27.0. The van der Waals surface area contributed by atoms with Crippen molar-refractivity contribution in [3.63, 3.8) is 0 Å². The first-order valence-corrected chi connectivity index (χ1v) is 20.2. The van der Waals surface area contributed by atoms with Crippen LogP contribution < -0.4 is 10.9 Å². The van der Waals surface area contributed by atoms with E-state index >= 15 is 0 Å². The number of amides is 1. The van der Waals surface area contributed by atoms with E-state index in [-0.39, 0.29) is 61.2 Å². The normalized spacial score (nSPS) is 25.5. The highest BCUT2D eigenvalue weighted by Gasteiger charge is 2.65. The van der Waals surface area contributed by atoms with E-state index in [0.29, 0.717) is 12.3 Å². The largest absolute Gasteiger partial charge is 0.408 e. The van der Waals surface area contributed by atoms with E-state index in [1.807, 2.05) is 4.57 Å². The summed E-state index contributed by atoms with van der Waals surface area (Å²) in [5.41, 5.74) is 0.227. The van der Waals surface area contributed by atoms with Crippen molar-refractivity contribution >= 4 is 51.7 Å². The second kappa shape index (κ2) is 10.6. The monoisotopic (exact) mass is 623 g/mol. The maximum absolute atomic E-state index is 13.0. The van der Waals surface area contributed by atoms with Gasteiger partial charge in [0.1, 0.15) is 11.5 Å². The fourth-order valence-corrected chi connectivity index (χ4v) is 13.7. The summed E-state index contributed by atoms with van der Waals surface area (Å²) in [6, 6.07) is 0. The Morgan fingerprint density at radius 3 is 2.32 bits per heavy atom. The van der Waals surface area contributed by atoms with Gasteiger partial charge in [0.2, 0.25) is 11.9 Å². The number of fused-ring (bicyclic) bond motifs is 2. The lowest BCUT2D eigenvalue weighted by atomic mass is 10.1. The molecule has 0 aliphatic carbocycles. The van der Waals surface area contributed by atoms with Crippen LogP contribution in [-0.2, 0) is 18.1 Å². The molecule has 41 heavy (non-hydrogen) atoms. The molecule has 13 heteroatoms. The standard InChI is InChI=1S/C28H49N5O5SSi2/c1-16(2)22(34)31-25-30-21-18(23(35)32-25)29-15-33(21)24-20(37-40(12,13)26(3,4)5)19-17(39-24)14-36-41(38-19,27(6,7)8)28(9,10)11/h15-17,19-20,24H,14H2,1-13H3,(H2,30,31,32,34,35)/t17-,19-,20-,24-/m1/s1. The van der Waals surface area contributed by atoms with Gasteiger partial charge in [-0.1, -0.05) is 76.2 Å². The average Bonchev–Trinajstić information content (AvgIpc) is 3.37. The molecule has 4 rings (SSSR count). The lowest BCUT2D eigenvalue weighted by molar-refractivity contribution is -0.118. The molecule has 0 aromatic carbocycles. The Bertz CT molecular complexity index is 1340. The smallest absolute Gasteiger partial charge is 0.349 e. The molecule has 0 spiro atoms. The van der Waals surface area contributed by atoms with Crippen molar-refractivity contribution in [2.45, 2.75) is 127 Å². The number of imidazole rings is 1. The van der Waals surface area contributed by atoms with Crippen LogP contribution in [0.3, 0.4) is 0 Å². The number of nitrogens with one attached hydrogen (secondary N) is 2. The van der Waals surface area contributed by atoms with Crippen molar-refractivity contribution in [3.8, 4) is 0 Å². The molecule has 2 aromatic heterocycles. The van der Waals surface area contributed by atoms with Gasteiger partial charge in [-0.3, -0.25) is 24.5 Å². The molecule has 2 aliphatic rings. The Kier molecular flexibility index (Phi) is 8.36. The summed E-state index contributed by atoms with van der Waals surface area (Å²) in [4.78, 5) is 37.1. The van der Waals surface area contributed by atoms with E-state index in [1.54, 1.807) is 31.9 Å². The van der Waals surface area contributed by atoms with Gasteiger partial charge >= 0.3 is 8.56 Å². The SMILES string of the molecule is CC(C)C(=O)Nc1nc2c(ncn2[C@@H]2S[C@@H]3CO[Si](C(C)(C)C)(C(C)(C)C)O[C@H]3[C@H]2O[Si](C)(C)C(C)(C)C)c(=O)[nH]1. The fraction of sp³-hybridized carbons (Fsp3) is 0.786. The van der Waals surface area contributed by atoms with Crippen molar-refractivity contribution < 1.29 is 18.1 Å². The third kappa shape index (κ3) is 5.74. The molecular weight excluding hydrogens is 575 g/mol. The van der Waals surface area contributed by atoms with Crippen LogP contribution in [-0.4, -0.2) is 66.4 Å². The number of anilines is 1. The van der Waals surface area contributed by atoms with E-state index in [2.05, 4.69) is 95.7 Å². The highest BCUT2D eigenvalue weighted by Crippen LogP contribution is 2.59. The summed E-state index contributed by atoms with van der Waals surface area (Å²) in [5, 5.41) is 2.17. The van der Waals surface area contributed by atoms with Crippen molar-refractivity contribution in [3.05, 3.63) is 16.7 Å². The second-order valence-corrected chi connectivity index (χ2v) is 26.2. The molecular formula is C28H49N5O5SSi2. The van der Waals surface area contributed by atoms with Crippen LogP contribution in [0, 0.1) is 5.92 Å². The minimum Gasteiger partial charge on any atom is -0.408 e. The van der Waals surface area contributed by atoms with E-state index < -0.39 is 22.4 Å². The Hall–Kier alpha value is -1.52. The Balaban J connectivity index is 1.83. The number of nitrogens with zero attached hydrogens (tertiary/aromatic N) is 3. The zero-order chi connectivity index (χ0) is 30.9. The molecule has 4 heterocycles. The van der Waals surface area contributed by atoms with Crippen LogP contribution in [0.2, 0.25) is 28.2 Å². The first-order valence-electron chi connectivity index (χ1n) is 14.5. The van der Waals surface area contributed by atoms with E-state index in [4.69, 9.17) is 13.3 Å². The van der Waals surface area contributed by atoms with Crippen molar-refractivity contribution in [2.75, 3.05) is 11.9 Å². The van der Waals surface area contributed by atoms with E-state index in [9.17, 15) is 9.59 Å². The minimum absolute atomic E-state index is 0.0191. The Morgan fingerprint density at radius 2 is 1.78 bits per heavy atom. The molecule has 0 unspecified atom stereocenters. The van der Waals surface area contributed by atoms with Crippen LogP contribution in [0.4, 0.5) is 5.95 Å². The minimum atomic E-state index is -2.77. The van der Waals surface area contributed by atoms with Crippen LogP contribution >= 0.6 is 11.8 Å². The molecule has 2 fully saturated rings. The van der Waals surface area contributed by atoms with Crippen LogP contribution in [0.1, 0.15) is 81.5 Å². The third-order valence-electron chi connectivity index (χ3n) is 8.72. The number of rotatable bonds is 5. The van der Waals surface area contributed by atoms with Gasteiger partial charge in [0.25, 0.3) is 5.56 Å². The van der Waals surface area contributed by atoms with Gasteiger partial charge in [0.15, 0.2) is 19.5 Å². The molecule has 2 aromatic rings. The summed E-state index contributed by atoms with van der Waals surface area (Å²) < 4.78 is 23.2. The highest BCUT2D eigenvalue weighted by molar-refractivity contribution is 8.00. The molecule has 0 radical (unpaired) electrons. The molecule has 10 nitrogen and oxygen atoms in total. The molecule has 1 amide bonds. The molecule has 2 N–H and O–H groups in total. The van der Waals surface area contributed by atoms with Gasteiger partial charge in [-0.2, -0.15) is 4.98 Å². The summed E-state index contributed by atoms with van der Waals surface area (Å²) >= 11 is 1.73. The lowest BCUT2D eigenvalue weighted by Gasteiger charge is -2.54. The summed E-state index contributed by atoms with van der Waals surface area (Å²) in [6.45, 7) is 28.7. The Labute approximate surface area is 250 Å². The molecule has 230 valence electrons. The molecule has 0 bridgehead atoms. The second-order valence-electron chi connectivity index (χ2n) is 15.3. The van der Waals surface area contributed by atoms with Crippen LogP contribution in [0.25, 0.3) is 11.2 Å². The van der Waals surface area contributed by atoms with Crippen molar-refractivity contribution in [2.24, 2.45) is 5.92 Å². The quantitative estimate of drug-likeness (QED) is 0.379. The number of thioether (sulfide) groups is 1. The lowest BCUT2D eigenvalue weighted by Crippen LogP contribution is -2.65. The molecule has 4 atom stereocenters. The maximum atomic E-state index is 13.0. The summed E-state index contributed by atoms with van der Waals surface area (Å²) in [5.74, 6) is -0.379. The van der Waals surface area contributed by atoms with Gasteiger partial charge in [0, 0.05) is 16.0 Å². The number of aromatic amines is 1. The predicted octanol–water partition coefficient (Wildman–Crippen LogP) is 6.18. The average molecular weight is 624 g/mol. The van der Waals surface area contributed by atoms with Crippen molar-refractivity contribution in [1.82, 2.24) is 19.5 Å². The van der Waals surface area contributed by atoms with Gasteiger partial charge in [-0.05, 0) is 18.1 Å². The third-order valence-corrected chi connectivity index (χ3v) is 19.9. The molecule has 2 aliphatic heterocycles. The highest BCUT2D eigenvalue weighted by atomic mass is 32.2. The molecule has 2 saturated heterocycles. The van der Waals surface area contributed by atoms with E-state index in [1.165, 1.54) is 0 Å². The van der Waals surface area contributed by atoms with Crippen LogP contribution in [0.5, 0.6) is 0 Å². The number of aromatic nitrogens is 4. The Morgan fingerprint density at radius 1 is 1.17 bits per heavy atom. The molecule has 0 saturated carbocycles. The topological polar surface area (TPSA) is 120 Å². The first-order chi connectivity index (χ1) is 18.6. The summed E-state index contributed by atoms with van der Waals surface area (Å²) in [6.07, 6.45) is 1.16. The number of H-pyrrole nitrogens is 1. The number of carbonyl (C=O) groups is 1. The summed E-state index contributed by atoms with van der Waals surface area (Å²) in [7, 11) is -5.03. The van der Waals surface area contributed by atoms with E-state index in [0.717, 1.165) is 0 Å². The van der Waals surface area contributed by atoms with Gasteiger partial charge < -0.3 is 13.3 Å². The van der Waals surface area contributed by atoms with Gasteiger partial charge in [0.05, 0.1) is 24.3 Å². The van der Waals surface area contributed by atoms with Crippen molar-refractivity contribution in [1.29, 1.82) is 0 Å². The first kappa shape index (κ1) is 32.4.